The van der Waals surface area contributed by atoms with Crippen LogP contribution < -0.4 is 5.30 Å². The van der Waals surface area contributed by atoms with Gasteiger partial charge in [0.25, 0.3) is 0 Å². The van der Waals surface area contributed by atoms with Gasteiger partial charge in [0.15, 0.2) is 0 Å². The number of allylic oxidation sites excluding steroid dienone is 4. The van der Waals surface area contributed by atoms with Crippen LogP contribution in [0.3, 0.4) is 0 Å². The van der Waals surface area contributed by atoms with Crippen LogP contribution in [0.2, 0.25) is 0 Å². The lowest BCUT2D eigenvalue weighted by Crippen LogP contribution is -2.27. The molecule has 2 fully saturated rings. The van der Waals surface area contributed by atoms with Crippen LogP contribution >= 0.6 is 7.92 Å². The van der Waals surface area contributed by atoms with E-state index in [9.17, 15) is 0 Å². The molecule has 2 saturated carbocycles. The summed E-state index contributed by atoms with van der Waals surface area (Å²) < 4.78 is 0. The van der Waals surface area contributed by atoms with E-state index in [0.29, 0.717) is 0 Å². The third-order valence-corrected chi connectivity index (χ3v) is 10.8. The van der Waals surface area contributed by atoms with Crippen LogP contribution in [0.4, 0.5) is 0 Å². The van der Waals surface area contributed by atoms with Gasteiger partial charge in [0.2, 0.25) is 0 Å². The van der Waals surface area contributed by atoms with Gasteiger partial charge in [-0.2, -0.15) is 0 Å². The second kappa shape index (κ2) is 8.87. The summed E-state index contributed by atoms with van der Waals surface area (Å²) in [5.41, 5.74) is 6.92. The van der Waals surface area contributed by atoms with Gasteiger partial charge in [-0.25, -0.2) is 0 Å². The third kappa shape index (κ3) is 4.48. The Morgan fingerprint density at radius 1 is 0.786 bits per heavy atom. The van der Waals surface area contributed by atoms with Gasteiger partial charge >= 0.3 is 0 Å². The van der Waals surface area contributed by atoms with Gasteiger partial charge < -0.3 is 0 Å². The Balaban J connectivity index is 1.69. The van der Waals surface area contributed by atoms with E-state index in [1.165, 1.54) is 69.8 Å². The van der Waals surface area contributed by atoms with Crippen LogP contribution in [0.25, 0.3) is 5.57 Å². The van der Waals surface area contributed by atoms with E-state index < -0.39 is 0 Å². The summed E-state index contributed by atoms with van der Waals surface area (Å²) in [6.07, 6.45) is 20.9. The number of benzene rings is 1. The molecule has 0 nitrogen and oxygen atoms in total. The van der Waals surface area contributed by atoms with E-state index in [1.807, 2.05) is 0 Å². The summed E-state index contributed by atoms with van der Waals surface area (Å²) in [5.74, 6) is 0. The van der Waals surface area contributed by atoms with E-state index in [-0.39, 0.29) is 13.3 Å². The highest BCUT2D eigenvalue weighted by molar-refractivity contribution is 7.67. The van der Waals surface area contributed by atoms with E-state index in [2.05, 4.69) is 57.2 Å². The quantitative estimate of drug-likeness (QED) is 0.451. The lowest BCUT2D eigenvalue weighted by atomic mass is 9.87. The van der Waals surface area contributed by atoms with Crippen molar-refractivity contribution in [1.29, 1.82) is 0 Å². The average molecular weight is 395 g/mol. The van der Waals surface area contributed by atoms with Crippen LogP contribution in [0.5, 0.6) is 0 Å². The summed E-state index contributed by atoms with van der Waals surface area (Å²) in [4.78, 5) is 0. The molecule has 3 aliphatic rings. The van der Waals surface area contributed by atoms with Gasteiger partial charge in [-0.1, -0.05) is 104 Å². The molecule has 0 unspecified atom stereocenters. The fourth-order valence-electron chi connectivity index (χ4n) is 5.62. The van der Waals surface area contributed by atoms with Crippen LogP contribution in [-0.2, 0) is 0 Å². The molecule has 0 saturated heterocycles. The van der Waals surface area contributed by atoms with Crippen LogP contribution in [0, 0.1) is 5.41 Å². The second-order valence-corrected chi connectivity index (χ2v) is 13.0. The highest BCUT2D eigenvalue weighted by Crippen LogP contribution is 2.56. The van der Waals surface area contributed by atoms with Crippen molar-refractivity contribution in [2.45, 2.75) is 103 Å². The average Bonchev–Trinajstić information content (AvgIpc) is 3.21. The number of rotatable bonds is 4. The van der Waals surface area contributed by atoms with Gasteiger partial charge in [0.1, 0.15) is 0 Å². The predicted molar refractivity (Wildman–Crippen MR) is 127 cm³/mol. The molecule has 0 aromatic heterocycles. The fraction of sp³-hybridized carbons (Fsp3) is 0.630. The topological polar surface area (TPSA) is 0 Å². The van der Waals surface area contributed by atoms with E-state index in [4.69, 9.17) is 0 Å². The largest absolute Gasteiger partial charge is 0.0763 e. The maximum absolute atomic E-state index is 2.53. The molecule has 3 aliphatic carbocycles. The van der Waals surface area contributed by atoms with Crippen molar-refractivity contribution in [1.82, 2.24) is 0 Å². The van der Waals surface area contributed by atoms with Gasteiger partial charge in [0.05, 0.1) is 0 Å². The Hall–Kier alpha value is -0.870. The lowest BCUT2D eigenvalue weighted by molar-refractivity contribution is 0.487. The first-order valence-electron chi connectivity index (χ1n) is 11.8. The minimum Gasteiger partial charge on any atom is -0.0763 e. The Bertz CT molecular complexity index is 703. The minimum absolute atomic E-state index is 0.0353. The number of hydrogen-bond donors (Lipinski definition) is 0. The second-order valence-electron chi connectivity index (χ2n) is 10.3. The summed E-state index contributed by atoms with van der Waals surface area (Å²) in [5, 5.41) is 1.76. The molecule has 0 amide bonds. The fourth-order valence-corrected chi connectivity index (χ4v) is 9.60. The van der Waals surface area contributed by atoms with Crippen molar-refractivity contribution >= 4 is 18.8 Å². The lowest BCUT2D eigenvalue weighted by Gasteiger charge is -2.39. The maximum Gasteiger partial charge on any atom is -0.00851 e. The number of hydrogen-bond acceptors (Lipinski definition) is 0. The van der Waals surface area contributed by atoms with Crippen molar-refractivity contribution in [3.05, 3.63) is 47.6 Å². The minimum atomic E-state index is -0.0353. The molecule has 0 radical (unpaired) electrons. The molecule has 1 aromatic carbocycles. The first-order chi connectivity index (χ1) is 13.5. The van der Waals surface area contributed by atoms with Gasteiger partial charge in [-0.05, 0) is 70.9 Å². The monoisotopic (exact) mass is 394 g/mol. The molecular formula is C27H39P. The molecule has 1 heteroatoms. The van der Waals surface area contributed by atoms with E-state index in [0.717, 1.165) is 17.7 Å². The smallest absolute Gasteiger partial charge is 0.00851 e. The van der Waals surface area contributed by atoms with Crippen molar-refractivity contribution in [3.63, 3.8) is 0 Å². The highest BCUT2D eigenvalue weighted by Gasteiger charge is 2.34. The molecule has 28 heavy (non-hydrogen) atoms. The normalized spacial score (nSPS) is 22.4. The molecule has 1 aromatic rings. The zero-order valence-corrected chi connectivity index (χ0v) is 19.2. The SMILES string of the molecule is CC(C)(C)C1=CCC(c2ccccc2P(C2CCCCC2)C2CCCCC2)=C1. The standard InChI is InChI=1S/C27H39P/c1-27(2,3)22-19-18-21(20-22)25-16-10-11-17-26(25)28(23-12-6-4-7-13-23)24-14-8-5-9-15-24/h10-11,16-17,19-20,23-24H,4-9,12-15,18H2,1-3H3. The third-order valence-electron chi connectivity index (χ3n) is 7.20. The molecule has 0 N–H and O–H groups in total. The highest BCUT2D eigenvalue weighted by atomic mass is 31.1. The molecule has 152 valence electrons. The predicted octanol–water partition coefficient (Wildman–Crippen LogP) is 8.22. The Labute approximate surface area is 174 Å². The summed E-state index contributed by atoms with van der Waals surface area (Å²) >= 11 is 0. The van der Waals surface area contributed by atoms with Crippen molar-refractivity contribution in [2.75, 3.05) is 0 Å². The van der Waals surface area contributed by atoms with E-state index in [1.54, 1.807) is 16.4 Å². The van der Waals surface area contributed by atoms with Gasteiger partial charge in [0, 0.05) is 0 Å². The summed E-state index contributed by atoms with van der Waals surface area (Å²) in [7, 11) is -0.0353. The Kier molecular flexibility index (Phi) is 6.46. The molecule has 0 spiro atoms. The first-order valence-corrected chi connectivity index (χ1v) is 13.3. The van der Waals surface area contributed by atoms with Crippen LogP contribution in [0.1, 0.15) is 97.0 Å². The van der Waals surface area contributed by atoms with Crippen molar-refractivity contribution < 1.29 is 0 Å². The summed E-state index contributed by atoms with van der Waals surface area (Å²) in [6, 6.07) is 9.58. The molecule has 0 heterocycles. The molecule has 0 atom stereocenters. The van der Waals surface area contributed by atoms with Gasteiger partial charge in [-0.15, -0.1) is 0 Å². The van der Waals surface area contributed by atoms with E-state index >= 15 is 0 Å². The molecule has 0 bridgehead atoms. The van der Waals surface area contributed by atoms with Crippen molar-refractivity contribution in [2.24, 2.45) is 5.41 Å². The zero-order valence-electron chi connectivity index (χ0n) is 18.3. The molecular weight excluding hydrogens is 355 g/mol. The van der Waals surface area contributed by atoms with Gasteiger partial charge in [-0.3, -0.25) is 0 Å². The van der Waals surface area contributed by atoms with Crippen LogP contribution in [0.15, 0.2) is 42.0 Å². The van der Waals surface area contributed by atoms with Crippen molar-refractivity contribution in [3.8, 4) is 0 Å². The summed E-state index contributed by atoms with van der Waals surface area (Å²) in [6.45, 7) is 7.05. The van der Waals surface area contributed by atoms with Crippen LogP contribution in [-0.4, -0.2) is 11.3 Å². The molecule has 0 aliphatic heterocycles. The molecule has 4 rings (SSSR count). The zero-order chi connectivity index (χ0) is 19.6. The maximum atomic E-state index is 2.53. The first kappa shape index (κ1) is 20.4. The Morgan fingerprint density at radius 3 is 1.89 bits per heavy atom. The Morgan fingerprint density at radius 2 is 1.36 bits per heavy atom.